The highest BCUT2D eigenvalue weighted by Gasteiger charge is 2.25. The van der Waals surface area contributed by atoms with Gasteiger partial charge in [0, 0.05) is 44.5 Å². The van der Waals surface area contributed by atoms with Crippen molar-refractivity contribution in [3.05, 3.63) is 22.8 Å². The van der Waals surface area contributed by atoms with Gasteiger partial charge in [-0.3, -0.25) is 4.90 Å². The zero-order chi connectivity index (χ0) is 14.8. The van der Waals surface area contributed by atoms with E-state index in [1.807, 2.05) is 6.20 Å². The molecule has 0 aromatic carbocycles. The first-order valence-corrected chi connectivity index (χ1v) is 8.42. The number of hydrogen-bond acceptors (Lipinski definition) is 4. The van der Waals surface area contributed by atoms with Crippen LogP contribution in [0, 0.1) is 0 Å². The maximum absolute atomic E-state index is 6.47. The van der Waals surface area contributed by atoms with Crippen LogP contribution in [-0.2, 0) is 6.54 Å². The minimum Gasteiger partial charge on any atom is -0.353 e. The van der Waals surface area contributed by atoms with E-state index < -0.39 is 0 Å². The summed E-state index contributed by atoms with van der Waals surface area (Å²) in [7, 11) is 0. The molecule has 1 aromatic heterocycles. The zero-order valence-electron chi connectivity index (χ0n) is 13.0. The first-order chi connectivity index (χ1) is 10.2. The Labute approximate surface area is 132 Å². The van der Waals surface area contributed by atoms with Crippen LogP contribution in [0.1, 0.15) is 32.3 Å². The summed E-state index contributed by atoms with van der Waals surface area (Å²) >= 11 is 6.47. The maximum Gasteiger partial charge on any atom is 0.147 e. The minimum absolute atomic E-state index is 0.554. The summed E-state index contributed by atoms with van der Waals surface area (Å²) in [5, 5.41) is 4.28. The molecular formula is C16H25ClN4. The lowest BCUT2D eigenvalue weighted by atomic mass is 10.2. The van der Waals surface area contributed by atoms with Gasteiger partial charge < -0.3 is 10.2 Å². The van der Waals surface area contributed by atoms with Gasteiger partial charge in [-0.2, -0.15) is 0 Å². The largest absolute Gasteiger partial charge is 0.353 e. The van der Waals surface area contributed by atoms with Gasteiger partial charge in [-0.1, -0.05) is 18.5 Å². The first-order valence-electron chi connectivity index (χ1n) is 8.04. The van der Waals surface area contributed by atoms with Crippen molar-refractivity contribution < 1.29 is 0 Å². The van der Waals surface area contributed by atoms with Gasteiger partial charge >= 0.3 is 0 Å². The summed E-state index contributed by atoms with van der Waals surface area (Å²) in [5.41, 5.74) is 1.18. The number of halogens is 1. The van der Waals surface area contributed by atoms with E-state index in [0.717, 1.165) is 43.6 Å². The van der Waals surface area contributed by atoms with Gasteiger partial charge in [0.15, 0.2) is 0 Å². The number of likely N-dealkylation sites (N-methyl/N-ethyl adjacent to an activating group) is 1. The Balaban J connectivity index is 1.64. The molecular weight excluding hydrogens is 284 g/mol. The highest BCUT2D eigenvalue weighted by molar-refractivity contribution is 6.33. The van der Waals surface area contributed by atoms with Crippen LogP contribution in [0.25, 0.3) is 0 Å². The summed E-state index contributed by atoms with van der Waals surface area (Å²) in [5.74, 6) is 0.939. The predicted molar refractivity (Wildman–Crippen MR) is 88.0 cm³/mol. The van der Waals surface area contributed by atoms with Crippen LogP contribution in [0.15, 0.2) is 12.3 Å². The van der Waals surface area contributed by atoms with Crippen molar-refractivity contribution in [2.75, 3.05) is 31.1 Å². The molecule has 116 valence electrons. The van der Waals surface area contributed by atoms with Gasteiger partial charge in [0.05, 0.1) is 5.02 Å². The third kappa shape index (κ3) is 3.68. The Morgan fingerprint density at radius 2 is 2.19 bits per heavy atom. The molecule has 4 nitrogen and oxygen atoms in total. The molecule has 1 aliphatic carbocycles. The molecule has 0 bridgehead atoms. The molecule has 1 saturated heterocycles. The molecule has 1 aromatic rings. The zero-order valence-corrected chi connectivity index (χ0v) is 13.7. The third-order valence-electron chi connectivity index (χ3n) is 4.52. The molecule has 0 spiro atoms. The van der Waals surface area contributed by atoms with E-state index in [9.17, 15) is 0 Å². The van der Waals surface area contributed by atoms with Gasteiger partial charge in [-0.05, 0) is 37.9 Å². The fourth-order valence-corrected chi connectivity index (χ4v) is 3.32. The third-order valence-corrected chi connectivity index (χ3v) is 4.80. The molecule has 2 heterocycles. The van der Waals surface area contributed by atoms with E-state index in [-0.39, 0.29) is 0 Å². The number of pyridine rings is 1. The van der Waals surface area contributed by atoms with E-state index in [2.05, 4.69) is 40.0 Å². The molecule has 5 heteroatoms. The maximum atomic E-state index is 6.47. The lowest BCUT2D eigenvalue weighted by Crippen LogP contribution is -2.52. The molecule has 2 aliphatic rings. The fraction of sp³-hybridized carbons (Fsp3) is 0.688. The average molecular weight is 309 g/mol. The number of aromatic nitrogens is 1. The van der Waals surface area contributed by atoms with Crippen LogP contribution in [-0.4, -0.2) is 48.1 Å². The van der Waals surface area contributed by atoms with Crippen molar-refractivity contribution >= 4 is 17.4 Å². The molecule has 0 amide bonds. The van der Waals surface area contributed by atoms with Crippen molar-refractivity contribution in [2.24, 2.45) is 0 Å². The van der Waals surface area contributed by atoms with Gasteiger partial charge in [-0.15, -0.1) is 0 Å². The van der Waals surface area contributed by atoms with Gasteiger partial charge in [0.25, 0.3) is 0 Å². The Bertz CT molecular complexity index is 489. The van der Waals surface area contributed by atoms with Crippen molar-refractivity contribution in [2.45, 2.75) is 45.3 Å². The van der Waals surface area contributed by atoms with Gasteiger partial charge in [0.2, 0.25) is 0 Å². The molecule has 3 rings (SSSR count). The van der Waals surface area contributed by atoms with Crippen LogP contribution in [0.5, 0.6) is 0 Å². The Morgan fingerprint density at radius 3 is 2.81 bits per heavy atom. The molecule has 1 aliphatic heterocycles. The van der Waals surface area contributed by atoms with Crippen LogP contribution in [0.4, 0.5) is 5.82 Å². The molecule has 1 unspecified atom stereocenters. The molecule has 1 atom stereocenters. The number of anilines is 1. The first kappa shape index (κ1) is 15.1. The Kier molecular flexibility index (Phi) is 4.67. The van der Waals surface area contributed by atoms with E-state index in [1.165, 1.54) is 18.4 Å². The number of nitrogens with one attached hydrogen (secondary N) is 1. The van der Waals surface area contributed by atoms with Crippen LogP contribution < -0.4 is 10.2 Å². The fourth-order valence-electron chi connectivity index (χ4n) is 3.01. The second-order valence-corrected chi connectivity index (χ2v) is 6.63. The topological polar surface area (TPSA) is 31.4 Å². The molecule has 0 radical (unpaired) electrons. The van der Waals surface area contributed by atoms with Crippen molar-refractivity contribution in [3.63, 3.8) is 0 Å². The summed E-state index contributed by atoms with van der Waals surface area (Å²) in [6.07, 6.45) is 4.57. The smallest absolute Gasteiger partial charge is 0.147 e. The average Bonchev–Trinajstić information content (AvgIpc) is 3.29. The highest BCUT2D eigenvalue weighted by atomic mass is 35.5. The van der Waals surface area contributed by atoms with Gasteiger partial charge in [-0.25, -0.2) is 4.98 Å². The van der Waals surface area contributed by atoms with Crippen molar-refractivity contribution in [1.82, 2.24) is 15.2 Å². The summed E-state index contributed by atoms with van der Waals surface area (Å²) in [6, 6.07) is 3.33. The van der Waals surface area contributed by atoms with Gasteiger partial charge in [0.1, 0.15) is 5.82 Å². The highest BCUT2D eigenvalue weighted by Crippen LogP contribution is 2.27. The molecule has 1 saturated carbocycles. The van der Waals surface area contributed by atoms with E-state index >= 15 is 0 Å². The van der Waals surface area contributed by atoms with Crippen LogP contribution >= 0.6 is 11.6 Å². The number of rotatable bonds is 5. The number of piperazine rings is 1. The van der Waals surface area contributed by atoms with Crippen LogP contribution in [0.2, 0.25) is 5.02 Å². The standard InChI is InChI=1S/C16H25ClN4/c1-3-20-6-7-21(11-12(20)2)16-15(17)8-13(10-19-16)9-18-14-4-5-14/h8,10,12,14,18H,3-7,9,11H2,1-2H3. The minimum atomic E-state index is 0.554. The van der Waals surface area contributed by atoms with Crippen molar-refractivity contribution in [1.29, 1.82) is 0 Å². The van der Waals surface area contributed by atoms with E-state index in [0.29, 0.717) is 12.1 Å². The predicted octanol–water partition coefficient (Wildman–Crippen LogP) is 2.52. The normalized spacial score (nSPS) is 23.6. The molecule has 1 N–H and O–H groups in total. The Morgan fingerprint density at radius 1 is 1.38 bits per heavy atom. The quantitative estimate of drug-likeness (QED) is 0.906. The second-order valence-electron chi connectivity index (χ2n) is 6.23. The second kappa shape index (κ2) is 6.51. The lowest BCUT2D eigenvalue weighted by Gasteiger charge is -2.40. The van der Waals surface area contributed by atoms with Crippen LogP contribution in [0.3, 0.4) is 0 Å². The van der Waals surface area contributed by atoms with E-state index in [4.69, 9.17) is 11.6 Å². The molecule has 2 fully saturated rings. The lowest BCUT2D eigenvalue weighted by molar-refractivity contribution is 0.199. The number of nitrogens with zero attached hydrogens (tertiary/aromatic N) is 3. The Hall–Kier alpha value is -0.840. The molecule has 21 heavy (non-hydrogen) atoms. The van der Waals surface area contributed by atoms with Crippen molar-refractivity contribution in [3.8, 4) is 0 Å². The number of hydrogen-bond donors (Lipinski definition) is 1. The summed E-state index contributed by atoms with van der Waals surface area (Å²) < 4.78 is 0. The monoisotopic (exact) mass is 308 g/mol. The summed E-state index contributed by atoms with van der Waals surface area (Å²) in [4.78, 5) is 9.44. The summed E-state index contributed by atoms with van der Waals surface area (Å²) in [6.45, 7) is 9.57. The van der Waals surface area contributed by atoms with E-state index in [1.54, 1.807) is 0 Å². The SMILES string of the molecule is CCN1CCN(c2ncc(CNC3CC3)cc2Cl)CC1C.